The first kappa shape index (κ1) is 21.5. The van der Waals surface area contributed by atoms with E-state index >= 15 is 0 Å². The zero-order chi connectivity index (χ0) is 21.8. The first-order valence-corrected chi connectivity index (χ1v) is 11.2. The summed E-state index contributed by atoms with van der Waals surface area (Å²) in [5.41, 5.74) is 4.11. The van der Waals surface area contributed by atoms with Crippen LogP contribution >= 0.6 is 0 Å². The molecule has 1 heterocycles. The summed E-state index contributed by atoms with van der Waals surface area (Å²) in [7, 11) is 0. The summed E-state index contributed by atoms with van der Waals surface area (Å²) in [6, 6.07) is 12.6. The van der Waals surface area contributed by atoms with E-state index in [1.54, 1.807) is 17.0 Å². The van der Waals surface area contributed by atoms with Gasteiger partial charge in [0.25, 0.3) is 5.91 Å². The highest BCUT2D eigenvalue weighted by Crippen LogP contribution is 2.24. The van der Waals surface area contributed by atoms with Gasteiger partial charge >= 0.3 is 0 Å². The smallest absolute Gasteiger partial charge is 0.256 e. The van der Waals surface area contributed by atoms with Crippen LogP contribution in [0.4, 0.5) is 4.39 Å². The Morgan fingerprint density at radius 1 is 1.00 bits per heavy atom. The zero-order valence-electron chi connectivity index (χ0n) is 18.1. The first-order chi connectivity index (χ1) is 15.0. The number of nitrogens with one attached hydrogen (secondary N) is 1. The molecule has 5 nitrogen and oxygen atoms in total. The third-order valence-electron chi connectivity index (χ3n) is 6.38. The number of benzene rings is 2. The SMILES string of the molecule is C[C@@H](NC(=O)CN1CCN(C(=O)c2ccccc2F)CC1)c1ccc2c(c1)CCCC2. The predicted octanol–water partition coefficient (Wildman–Crippen LogP) is 3.34. The van der Waals surface area contributed by atoms with Crippen LogP contribution in [0.5, 0.6) is 0 Å². The summed E-state index contributed by atoms with van der Waals surface area (Å²) < 4.78 is 13.9. The molecule has 2 aliphatic rings. The molecule has 0 saturated carbocycles. The minimum atomic E-state index is -0.495. The molecule has 2 aromatic carbocycles. The van der Waals surface area contributed by atoms with Crippen molar-refractivity contribution in [2.45, 2.75) is 38.6 Å². The van der Waals surface area contributed by atoms with Crippen LogP contribution in [0.15, 0.2) is 42.5 Å². The number of amides is 2. The van der Waals surface area contributed by atoms with Crippen molar-refractivity contribution >= 4 is 11.8 Å². The molecule has 1 saturated heterocycles. The van der Waals surface area contributed by atoms with Gasteiger partial charge in [-0.05, 0) is 61.4 Å². The Hall–Kier alpha value is -2.73. The zero-order valence-corrected chi connectivity index (χ0v) is 18.1. The molecule has 1 fully saturated rings. The monoisotopic (exact) mass is 423 g/mol. The Labute approximate surface area is 183 Å². The van der Waals surface area contributed by atoms with Crippen LogP contribution in [0.25, 0.3) is 0 Å². The van der Waals surface area contributed by atoms with Crippen molar-refractivity contribution in [2.75, 3.05) is 32.7 Å². The van der Waals surface area contributed by atoms with Crippen molar-refractivity contribution in [3.05, 3.63) is 70.5 Å². The highest BCUT2D eigenvalue weighted by Gasteiger charge is 2.25. The number of hydrogen-bond donors (Lipinski definition) is 1. The van der Waals surface area contributed by atoms with Crippen LogP contribution in [0.2, 0.25) is 0 Å². The molecule has 31 heavy (non-hydrogen) atoms. The number of hydrogen-bond acceptors (Lipinski definition) is 3. The average molecular weight is 424 g/mol. The highest BCUT2D eigenvalue weighted by atomic mass is 19.1. The van der Waals surface area contributed by atoms with E-state index in [1.807, 2.05) is 11.8 Å². The third-order valence-corrected chi connectivity index (χ3v) is 6.38. The quantitative estimate of drug-likeness (QED) is 0.803. The number of nitrogens with zero attached hydrogens (tertiary/aromatic N) is 2. The standard InChI is InChI=1S/C25H30FN3O2/c1-18(20-11-10-19-6-2-3-7-21(19)16-20)27-24(30)17-28-12-14-29(15-13-28)25(31)22-8-4-5-9-23(22)26/h4-5,8-11,16,18H,2-3,6-7,12-15,17H2,1H3,(H,27,30)/t18-/m1/s1. The first-order valence-electron chi connectivity index (χ1n) is 11.2. The van der Waals surface area contributed by atoms with Gasteiger partial charge in [0.05, 0.1) is 18.2 Å². The Balaban J connectivity index is 1.26. The number of fused-ring (bicyclic) bond motifs is 1. The van der Waals surface area contributed by atoms with Gasteiger partial charge in [-0.1, -0.05) is 30.3 Å². The van der Waals surface area contributed by atoms with E-state index in [0.29, 0.717) is 32.7 Å². The molecule has 6 heteroatoms. The normalized spacial score (nSPS) is 17.7. The van der Waals surface area contributed by atoms with Crippen molar-refractivity contribution in [3.63, 3.8) is 0 Å². The average Bonchev–Trinajstić information content (AvgIpc) is 2.79. The molecule has 0 aromatic heterocycles. The molecule has 164 valence electrons. The molecule has 0 bridgehead atoms. The molecule has 0 spiro atoms. The van der Waals surface area contributed by atoms with Gasteiger partial charge in [0, 0.05) is 26.2 Å². The molecular weight excluding hydrogens is 393 g/mol. The van der Waals surface area contributed by atoms with Crippen LogP contribution in [-0.2, 0) is 17.6 Å². The Kier molecular flexibility index (Phi) is 6.66. The summed E-state index contributed by atoms with van der Waals surface area (Å²) >= 11 is 0. The van der Waals surface area contributed by atoms with Crippen LogP contribution in [0, 0.1) is 5.82 Å². The molecule has 1 aliphatic carbocycles. The van der Waals surface area contributed by atoms with Gasteiger partial charge in [0.15, 0.2) is 0 Å². The van der Waals surface area contributed by atoms with Gasteiger partial charge in [0.2, 0.25) is 5.91 Å². The Morgan fingerprint density at radius 3 is 2.45 bits per heavy atom. The molecule has 1 aliphatic heterocycles. The molecule has 2 aromatic rings. The number of halogens is 1. The topological polar surface area (TPSA) is 52.7 Å². The van der Waals surface area contributed by atoms with E-state index in [0.717, 1.165) is 18.4 Å². The summed E-state index contributed by atoms with van der Waals surface area (Å²) in [6.45, 7) is 4.49. The maximum absolute atomic E-state index is 13.9. The summed E-state index contributed by atoms with van der Waals surface area (Å²) in [5.74, 6) is -0.798. The summed E-state index contributed by atoms with van der Waals surface area (Å²) in [6.07, 6.45) is 4.78. The number of aryl methyl sites for hydroxylation is 2. The Morgan fingerprint density at radius 2 is 1.71 bits per heavy atom. The van der Waals surface area contributed by atoms with Crippen molar-refractivity contribution in [1.82, 2.24) is 15.1 Å². The highest BCUT2D eigenvalue weighted by molar-refractivity contribution is 5.94. The molecule has 1 N–H and O–H groups in total. The van der Waals surface area contributed by atoms with Gasteiger partial charge in [-0.25, -0.2) is 4.39 Å². The van der Waals surface area contributed by atoms with Gasteiger partial charge in [-0.2, -0.15) is 0 Å². The van der Waals surface area contributed by atoms with Crippen molar-refractivity contribution in [1.29, 1.82) is 0 Å². The molecule has 4 rings (SSSR count). The number of piperazine rings is 1. The Bertz CT molecular complexity index is 954. The number of carbonyl (C=O) groups excluding carboxylic acids is 2. The van der Waals surface area contributed by atoms with E-state index in [9.17, 15) is 14.0 Å². The molecular formula is C25H30FN3O2. The van der Waals surface area contributed by atoms with Gasteiger partial charge in [-0.3, -0.25) is 14.5 Å². The molecule has 0 unspecified atom stereocenters. The lowest BCUT2D eigenvalue weighted by atomic mass is 9.89. The molecule has 1 atom stereocenters. The van der Waals surface area contributed by atoms with Gasteiger partial charge < -0.3 is 10.2 Å². The van der Waals surface area contributed by atoms with Crippen molar-refractivity contribution < 1.29 is 14.0 Å². The summed E-state index contributed by atoms with van der Waals surface area (Å²) in [4.78, 5) is 28.8. The lowest BCUT2D eigenvalue weighted by Gasteiger charge is -2.34. The van der Waals surface area contributed by atoms with Crippen LogP contribution in [-0.4, -0.2) is 54.3 Å². The lowest BCUT2D eigenvalue weighted by molar-refractivity contribution is -0.123. The van der Waals surface area contributed by atoms with Gasteiger partial charge in [-0.15, -0.1) is 0 Å². The van der Waals surface area contributed by atoms with E-state index in [4.69, 9.17) is 0 Å². The number of carbonyl (C=O) groups is 2. The van der Waals surface area contributed by atoms with Crippen LogP contribution in [0.3, 0.4) is 0 Å². The lowest BCUT2D eigenvalue weighted by Crippen LogP contribution is -2.51. The second-order valence-corrected chi connectivity index (χ2v) is 8.57. The van der Waals surface area contributed by atoms with Crippen LogP contribution < -0.4 is 5.32 Å². The van der Waals surface area contributed by atoms with E-state index in [1.165, 1.54) is 36.1 Å². The fourth-order valence-corrected chi connectivity index (χ4v) is 4.51. The molecule has 0 radical (unpaired) electrons. The van der Waals surface area contributed by atoms with Crippen molar-refractivity contribution in [3.8, 4) is 0 Å². The fraction of sp³-hybridized carbons (Fsp3) is 0.440. The van der Waals surface area contributed by atoms with Gasteiger partial charge in [0.1, 0.15) is 5.82 Å². The van der Waals surface area contributed by atoms with Crippen LogP contribution in [0.1, 0.15) is 52.9 Å². The second-order valence-electron chi connectivity index (χ2n) is 8.57. The maximum atomic E-state index is 13.9. The predicted molar refractivity (Wildman–Crippen MR) is 118 cm³/mol. The largest absolute Gasteiger partial charge is 0.348 e. The van der Waals surface area contributed by atoms with E-state index in [-0.39, 0.29) is 23.4 Å². The molecule has 2 amide bonds. The van der Waals surface area contributed by atoms with E-state index < -0.39 is 5.82 Å². The third kappa shape index (κ3) is 5.13. The van der Waals surface area contributed by atoms with Crippen molar-refractivity contribution in [2.24, 2.45) is 0 Å². The fourth-order valence-electron chi connectivity index (χ4n) is 4.51. The minimum absolute atomic E-state index is 0.0147. The maximum Gasteiger partial charge on any atom is 0.256 e. The van der Waals surface area contributed by atoms with E-state index in [2.05, 4.69) is 23.5 Å². The number of rotatable bonds is 5. The minimum Gasteiger partial charge on any atom is -0.348 e. The summed E-state index contributed by atoms with van der Waals surface area (Å²) in [5, 5.41) is 3.11. The second kappa shape index (κ2) is 9.60.